The Bertz CT molecular complexity index is 1070. The number of amides is 4. The Morgan fingerprint density at radius 3 is 2.32 bits per heavy atom. The Morgan fingerprint density at radius 2 is 1.79 bits per heavy atom. The molecule has 0 aromatic heterocycles. The summed E-state index contributed by atoms with van der Waals surface area (Å²) in [5, 5.41) is 5.15. The summed E-state index contributed by atoms with van der Waals surface area (Å²) >= 11 is 0. The van der Waals surface area contributed by atoms with Crippen LogP contribution in [0.3, 0.4) is 0 Å². The van der Waals surface area contributed by atoms with Crippen LogP contribution in [-0.4, -0.2) is 66.0 Å². The molecule has 0 spiro atoms. The average Bonchev–Trinajstić information content (AvgIpc) is 3.54. The minimum Gasteiger partial charge on any atom is -0.468 e. The topological polar surface area (TPSA) is 157 Å². The zero-order valence-electron chi connectivity index (χ0n) is 23.3. The predicted molar refractivity (Wildman–Crippen MR) is 140 cm³/mol. The van der Waals surface area contributed by atoms with E-state index in [0.29, 0.717) is 12.0 Å². The smallest absolute Gasteiger partial charge is 0.408 e. The Hall–Kier alpha value is -3.63. The molecule has 210 valence electrons. The molecule has 1 fully saturated rings. The third kappa shape index (κ3) is 8.46. The van der Waals surface area contributed by atoms with Gasteiger partial charge < -0.3 is 30.7 Å². The summed E-state index contributed by atoms with van der Waals surface area (Å²) in [6, 6.07) is 2.88. The number of alkyl carbamates (subject to hydrolysis) is 1. The lowest BCUT2D eigenvalue weighted by molar-refractivity contribution is -0.145. The van der Waals surface area contributed by atoms with E-state index < -0.39 is 47.5 Å². The molecule has 1 aromatic carbocycles. The van der Waals surface area contributed by atoms with Crippen molar-refractivity contribution >= 4 is 29.8 Å². The van der Waals surface area contributed by atoms with Gasteiger partial charge in [-0.2, -0.15) is 0 Å². The van der Waals surface area contributed by atoms with Gasteiger partial charge in [-0.3, -0.25) is 19.2 Å². The predicted octanol–water partition coefficient (Wildman–Crippen LogP) is 2.03. The summed E-state index contributed by atoms with van der Waals surface area (Å²) in [7, 11) is 1.21. The standard InChI is InChI=1S/C27H40N4O7/c1-15-9-8-10-18(17(15)3)23(24(34)29-14-22(33)37-7)31(20-13-16(20)2)25(35)19(11-12-21(28)32)30-26(36)38-27(4,5)6/h8-10,16,19-20,23H,11-14H2,1-7H3,(H2,28,32)(H,29,34)(H,30,36). The maximum Gasteiger partial charge on any atom is 0.408 e. The van der Waals surface area contributed by atoms with Gasteiger partial charge >= 0.3 is 12.1 Å². The number of methoxy groups -OCH3 is 1. The van der Waals surface area contributed by atoms with E-state index in [4.69, 9.17) is 10.5 Å². The van der Waals surface area contributed by atoms with Crippen LogP contribution in [0.2, 0.25) is 0 Å². The summed E-state index contributed by atoms with van der Waals surface area (Å²) in [5.74, 6) is -2.30. The van der Waals surface area contributed by atoms with Crippen molar-refractivity contribution in [3.63, 3.8) is 0 Å². The number of hydrogen-bond donors (Lipinski definition) is 3. The van der Waals surface area contributed by atoms with Crippen molar-refractivity contribution in [2.75, 3.05) is 13.7 Å². The number of hydrogen-bond acceptors (Lipinski definition) is 7. The van der Waals surface area contributed by atoms with E-state index in [1.807, 2.05) is 26.8 Å². The molecular formula is C27H40N4O7. The number of nitrogens with two attached hydrogens (primary N) is 1. The van der Waals surface area contributed by atoms with Crippen LogP contribution in [0.1, 0.15) is 69.7 Å². The summed E-state index contributed by atoms with van der Waals surface area (Å²) < 4.78 is 9.99. The van der Waals surface area contributed by atoms with Gasteiger partial charge in [-0.1, -0.05) is 25.1 Å². The van der Waals surface area contributed by atoms with Crippen LogP contribution >= 0.6 is 0 Å². The highest BCUT2D eigenvalue weighted by molar-refractivity contribution is 5.94. The fourth-order valence-electron chi connectivity index (χ4n) is 4.16. The summed E-state index contributed by atoms with van der Waals surface area (Å²) in [4.78, 5) is 65.2. The highest BCUT2D eigenvalue weighted by Crippen LogP contribution is 2.41. The Morgan fingerprint density at radius 1 is 1.16 bits per heavy atom. The first-order valence-electron chi connectivity index (χ1n) is 12.7. The molecule has 11 nitrogen and oxygen atoms in total. The quantitative estimate of drug-likeness (QED) is 0.368. The van der Waals surface area contributed by atoms with E-state index in [9.17, 15) is 24.0 Å². The van der Waals surface area contributed by atoms with Gasteiger partial charge in [-0.15, -0.1) is 0 Å². The van der Waals surface area contributed by atoms with E-state index >= 15 is 0 Å². The molecule has 1 saturated carbocycles. The van der Waals surface area contributed by atoms with Crippen LogP contribution < -0.4 is 16.4 Å². The molecule has 4 N–H and O–H groups in total. The molecule has 0 radical (unpaired) electrons. The van der Waals surface area contributed by atoms with E-state index in [1.165, 1.54) is 12.0 Å². The molecule has 1 aliphatic rings. The van der Waals surface area contributed by atoms with Gasteiger partial charge in [0.15, 0.2) is 0 Å². The Labute approximate surface area is 223 Å². The van der Waals surface area contributed by atoms with E-state index in [0.717, 1.165) is 11.1 Å². The molecule has 4 amide bonds. The average molecular weight is 533 g/mol. The van der Waals surface area contributed by atoms with Crippen LogP contribution in [0.4, 0.5) is 4.79 Å². The third-order valence-corrected chi connectivity index (χ3v) is 6.45. The SMILES string of the molecule is COC(=O)CNC(=O)C(c1cccc(C)c1C)N(C(=O)C(CCC(N)=O)NC(=O)OC(C)(C)C)C1CC1C. The summed E-state index contributed by atoms with van der Waals surface area (Å²) in [5.41, 5.74) is 6.84. The van der Waals surface area contributed by atoms with Gasteiger partial charge in [0, 0.05) is 12.5 Å². The lowest BCUT2D eigenvalue weighted by atomic mass is 9.94. The molecule has 4 atom stereocenters. The first kappa shape index (κ1) is 30.6. The second kappa shape index (κ2) is 12.7. The number of rotatable bonds is 11. The second-order valence-corrected chi connectivity index (χ2v) is 10.7. The lowest BCUT2D eigenvalue weighted by Gasteiger charge is -2.35. The highest BCUT2D eigenvalue weighted by Gasteiger charge is 2.48. The second-order valence-electron chi connectivity index (χ2n) is 10.7. The number of nitrogens with one attached hydrogen (secondary N) is 2. The number of aryl methyl sites for hydroxylation is 1. The van der Waals surface area contributed by atoms with Crippen LogP contribution in [0.25, 0.3) is 0 Å². The first-order chi connectivity index (χ1) is 17.7. The minimum absolute atomic E-state index is 0.0751. The van der Waals surface area contributed by atoms with Gasteiger partial charge in [0.25, 0.3) is 0 Å². The molecule has 0 bridgehead atoms. The van der Waals surface area contributed by atoms with Crippen LogP contribution in [-0.2, 0) is 28.7 Å². The van der Waals surface area contributed by atoms with E-state index in [2.05, 4.69) is 15.4 Å². The third-order valence-electron chi connectivity index (χ3n) is 6.45. The highest BCUT2D eigenvalue weighted by atomic mass is 16.6. The molecule has 1 aromatic rings. The number of ether oxygens (including phenoxy) is 2. The minimum atomic E-state index is -1.17. The maximum absolute atomic E-state index is 14.1. The largest absolute Gasteiger partial charge is 0.468 e. The molecule has 0 saturated heterocycles. The van der Waals surface area contributed by atoms with Crippen molar-refractivity contribution in [2.24, 2.45) is 11.7 Å². The maximum atomic E-state index is 14.1. The van der Waals surface area contributed by atoms with E-state index in [-0.39, 0.29) is 31.3 Å². The van der Waals surface area contributed by atoms with Crippen molar-refractivity contribution in [1.82, 2.24) is 15.5 Å². The number of primary amides is 1. The molecule has 0 aliphatic heterocycles. The first-order valence-corrected chi connectivity index (χ1v) is 12.7. The molecule has 4 unspecified atom stereocenters. The van der Waals surface area contributed by atoms with Gasteiger partial charge in [0.05, 0.1) is 7.11 Å². The molecule has 38 heavy (non-hydrogen) atoms. The van der Waals surface area contributed by atoms with E-state index in [1.54, 1.807) is 32.9 Å². The van der Waals surface area contributed by atoms with Gasteiger partial charge in [0.1, 0.15) is 24.2 Å². The Balaban J connectivity index is 2.54. The van der Waals surface area contributed by atoms with Crippen molar-refractivity contribution < 1.29 is 33.4 Å². The molecule has 2 rings (SSSR count). The van der Waals surface area contributed by atoms with Gasteiger partial charge in [-0.05, 0) is 70.1 Å². The molecule has 11 heteroatoms. The fourth-order valence-corrected chi connectivity index (χ4v) is 4.16. The van der Waals surface area contributed by atoms with Crippen molar-refractivity contribution in [1.29, 1.82) is 0 Å². The monoisotopic (exact) mass is 532 g/mol. The van der Waals surface area contributed by atoms with Crippen molar-refractivity contribution in [3.05, 3.63) is 34.9 Å². The molecular weight excluding hydrogens is 492 g/mol. The number of benzene rings is 1. The summed E-state index contributed by atoms with van der Waals surface area (Å²) in [6.07, 6.45) is -0.425. The lowest BCUT2D eigenvalue weighted by Crippen LogP contribution is -2.54. The number of esters is 1. The van der Waals surface area contributed by atoms with Gasteiger partial charge in [-0.25, -0.2) is 4.79 Å². The van der Waals surface area contributed by atoms with Crippen LogP contribution in [0, 0.1) is 19.8 Å². The summed E-state index contributed by atoms with van der Waals surface area (Å²) in [6.45, 7) is 10.4. The van der Waals surface area contributed by atoms with Crippen LogP contribution in [0.15, 0.2) is 18.2 Å². The number of carbonyl (C=O) groups is 5. The Kier molecular flexibility index (Phi) is 10.3. The molecule has 1 aliphatic carbocycles. The number of carbonyl (C=O) groups excluding carboxylic acids is 5. The zero-order chi connectivity index (χ0) is 28.8. The van der Waals surface area contributed by atoms with Crippen molar-refractivity contribution in [3.8, 4) is 0 Å². The molecule has 0 heterocycles. The normalized spacial score (nSPS) is 18.0. The zero-order valence-corrected chi connectivity index (χ0v) is 23.3. The fraction of sp³-hybridized carbons (Fsp3) is 0.593. The van der Waals surface area contributed by atoms with Crippen molar-refractivity contribution in [2.45, 2.75) is 84.5 Å². The van der Waals surface area contributed by atoms with Gasteiger partial charge in [0.2, 0.25) is 17.7 Å². The number of nitrogens with zero attached hydrogens (tertiary/aromatic N) is 1. The van der Waals surface area contributed by atoms with Crippen LogP contribution in [0.5, 0.6) is 0 Å².